The summed E-state index contributed by atoms with van der Waals surface area (Å²) >= 11 is 12.3. The van der Waals surface area contributed by atoms with Gasteiger partial charge < -0.3 is 14.8 Å². The van der Waals surface area contributed by atoms with Crippen molar-refractivity contribution in [2.75, 3.05) is 26.3 Å². The molecule has 0 aromatic heterocycles. The number of nitrogens with zero attached hydrogens (tertiary/aromatic N) is 1. The molecule has 2 unspecified atom stereocenters. The summed E-state index contributed by atoms with van der Waals surface area (Å²) in [6.07, 6.45) is 1.23. The molecule has 1 N–H and O–H groups in total. The van der Waals surface area contributed by atoms with Crippen LogP contribution in [0.25, 0.3) is 0 Å². The van der Waals surface area contributed by atoms with Gasteiger partial charge >= 0.3 is 0 Å². The molecular weight excluding hydrogens is 487 g/mol. The molecular formula is C23H26Cl2N2O5S. The Morgan fingerprint density at radius 1 is 1.15 bits per heavy atom. The number of hydrogen-bond donors (Lipinski definition) is 1. The molecule has 33 heavy (non-hydrogen) atoms. The van der Waals surface area contributed by atoms with Gasteiger partial charge in [-0.05, 0) is 49.6 Å². The molecule has 0 spiro atoms. The van der Waals surface area contributed by atoms with Gasteiger partial charge in [-0.1, -0.05) is 35.3 Å². The lowest BCUT2D eigenvalue weighted by molar-refractivity contribution is -0.126. The quantitative estimate of drug-likeness (QED) is 0.627. The SMILES string of the molecule is CC(NC(=O)C1CCCN(S(=O)(=O)Cc2c(Cl)cccc2Cl)C1)c1ccc2c(c1)OCCO2. The zero-order chi connectivity index (χ0) is 23.6. The lowest BCUT2D eigenvalue weighted by atomic mass is 9.97. The largest absolute Gasteiger partial charge is 0.486 e. The predicted molar refractivity (Wildman–Crippen MR) is 127 cm³/mol. The van der Waals surface area contributed by atoms with Gasteiger partial charge in [0, 0.05) is 28.7 Å². The van der Waals surface area contributed by atoms with E-state index in [0.717, 1.165) is 5.56 Å². The highest BCUT2D eigenvalue weighted by Gasteiger charge is 2.33. The van der Waals surface area contributed by atoms with Gasteiger partial charge in [-0.15, -0.1) is 0 Å². The average Bonchev–Trinajstić information content (AvgIpc) is 2.81. The maximum Gasteiger partial charge on any atom is 0.224 e. The van der Waals surface area contributed by atoms with Gasteiger partial charge in [0.1, 0.15) is 13.2 Å². The van der Waals surface area contributed by atoms with Gasteiger partial charge in [0.2, 0.25) is 15.9 Å². The first-order valence-corrected chi connectivity index (χ1v) is 13.2. The van der Waals surface area contributed by atoms with Crippen LogP contribution < -0.4 is 14.8 Å². The molecule has 1 saturated heterocycles. The highest BCUT2D eigenvalue weighted by molar-refractivity contribution is 7.88. The van der Waals surface area contributed by atoms with Crippen LogP contribution in [0.2, 0.25) is 10.0 Å². The molecule has 1 fully saturated rings. The molecule has 4 rings (SSSR count). The summed E-state index contributed by atoms with van der Waals surface area (Å²) in [7, 11) is -3.68. The molecule has 2 heterocycles. The van der Waals surface area contributed by atoms with Gasteiger partial charge in [0.15, 0.2) is 11.5 Å². The summed E-state index contributed by atoms with van der Waals surface area (Å²) < 4.78 is 38.7. The summed E-state index contributed by atoms with van der Waals surface area (Å²) in [5.41, 5.74) is 1.26. The van der Waals surface area contributed by atoms with Gasteiger partial charge in [0.25, 0.3) is 0 Å². The third-order valence-electron chi connectivity index (χ3n) is 5.96. The van der Waals surface area contributed by atoms with E-state index in [-0.39, 0.29) is 24.2 Å². The molecule has 2 aromatic rings. The van der Waals surface area contributed by atoms with Crippen LogP contribution in [0, 0.1) is 5.92 Å². The van der Waals surface area contributed by atoms with Crippen LogP contribution in [0.3, 0.4) is 0 Å². The molecule has 0 saturated carbocycles. The maximum atomic E-state index is 13.1. The standard InChI is InChI=1S/C23H26Cl2N2O5S/c1-15(16-7-8-21-22(12-16)32-11-10-31-21)26-23(28)17-4-3-9-27(13-17)33(29,30)14-18-19(24)5-2-6-20(18)25/h2,5-8,12,15,17H,3-4,9-11,13-14H2,1H3,(H,26,28). The molecule has 0 aliphatic carbocycles. The molecule has 2 aliphatic heterocycles. The van der Waals surface area contributed by atoms with Crippen molar-refractivity contribution < 1.29 is 22.7 Å². The Morgan fingerprint density at radius 3 is 2.58 bits per heavy atom. The maximum absolute atomic E-state index is 13.1. The molecule has 2 aromatic carbocycles. The molecule has 0 radical (unpaired) electrons. The van der Waals surface area contributed by atoms with Crippen molar-refractivity contribution in [1.29, 1.82) is 0 Å². The Kier molecular flexibility index (Phi) is 7.38. The number of carbonyl (C=O) groups excluding carboxylic acids is 1. The van der Waals surface area contributed by atoms with E-state index in [1.54, 1.807) is 18.2 Å². The predicted octanol–water partition coefficient (Wildman–Crippen LogP) is 4.18. The smallest absolute Gasteiger partial charge is 0.224 e. The lowest BCUT2D eigenvalue weighted by Gasteiger charge is -2.32. The van der Waals surface area contributed by atoms with E-state index in [1.165, 1.54) is 4.31 Å². The molecule has 2 aliphatic rings. The van der Waals surface area contributed by atoms with Crippen LogP contribution >= 0.6 is 23.2 Å². The van der Waals surface area contributed by atoms with E-state index in [9.17, 15) is 13.2 Å². The fraction of sp³-hybridized carbons (Fsp3) is 0.435. The number of sulfonamides is 1. The van der Waals surface area contributed by atoms with E-state index in [0.29, 0.717) is 59.7 Å². The first-order valence-electron chi connectivity index (χ1n) is 10.9. The van der Waals surface area contributed by atoms with Crippen LogP contribution in [0.1, 0.15) is 36.9 Å². The minimum atomic E-state index is -3.68. The normalized spacial score (nSPS) is 19.7. The summed E-state index contributed by atoms with van der Waals surface area (Å²) in [5, 5.41) is 3.64. The Hall–Kier alpha value is -2.00. The third kappa shape index (κ3) is 5.57. The third-order valence-corrected chi connectivity index (χ3v) is 8.44. The first kappa shape index (κ1) is 24.1. The number of amides is 1. The fourth-order valence-corrected chi connectivity index (χ4v) is 6.46. The second-order valence-corrected chi connectivity index (χ2v) is 11.1. The van der Waals surface area contributed by atoms with Crippen molar-refractivity contribution in [1.82, 2.24) is 9.62 Å². The van der Waals surface area contributed by atoms with Crippen LogP contribution in [0.15, 0.2) is 36.4 Å². The number of fused-ring (bicyclic) bond motifs is 1. The number of rotatable bonds is 6. The summed E-state index contributed by atoms with van der Waals surface area (Å²) in [5.74, 6) is 0.444. The number of halogens is 2. The molecule has 0 bridgehead atoms. The van der Waals surface area contributed by atoms with Crippen LogP contribution in [-0.2, 0) is 20.6 Å². The van der Waals surface area contributed by atoms with Crippen molar-refractivity contribution in [3.05, 3.63) is 57.6 Å². The van der Waals surface area contributed by atoms with E-state index < -0.39 is 15.9 Å². The van der Waals surface area contributed by atoms with Gasteiger partial charge in [0.05, 0.1) is 17.7 Å². The summed E-state index contributed by atoms with van der Waals surface area (Å²) in [6, 6.07) is 10.2. The minimum Gasteiger partial charge on any atom is -0.486 e. The summed E-state index contributed by atoms with van der Waals surface area (Å²) in [6.45, 7) is 3.39. The van der Waals surface area contributed by atoms with E-state index in [4.69, 9.17) is 32.7 Å². The average molecular weight is 513 g/mol. The number of hydrogen-bond acceptors (Lipinski definition) is 5. The number of piperidine rings is 1. The number of carbonyl (C=O) groups is 1. The molecule has 2 atom stereocenters. The van der Waals surface area contributed by atoms with Crippen LogP contribution in [-0.4, -0.2) is 44.9 Å². The van der Waals surface area contributed by atoms with Crippen molar-refractivity contribution >= 4 is 39.1 Å². The topological polar surface area (TPSA) is 84.9 Å². The van der Waals surface area contributed by atoms with Crippen molar-refractivity contribution in [3.8, 4) is 11.5 Å². The van der Waals surface area contributed by atoms with Gasteiger partial charge in [-0.3, -0.25) is 4.79 Å². The number of nitrogens with one attached hydrogen (secondary N) is 1. The molecule has 10 heteroatoms. The molecule has 1 amide bonds. The van der Waals surface area contributed by atoms with Gasteiger partial charge in [-0.2, -0.15) is 0 Å². The van der Waals surface area contributed by atoms with Crippen molar-refractivity contribution in [2.24, 2.45) is 5.92 Å². The fourth-order valence-electron chi connectivity index (χ4n) is 4.10. The van der Waals surface area contributed by atoms with Crippen molar-refractivity contribution in [2.45, 2.75) is 31.6 Å². The highest BCUT2D eigenvalue weighted by atomic mass is 35.5. The van der Waals surface area contributed by atoms with Crippen LogP contribution in [0.5, 0.6) is 11.5 Å². The van der Waals surface area contributed by atoms with Crippen LogP contribution in [0.4, 0.5) is 0 Å². The Morgan fingerprint density at radius 2 is 1.85 bits per heavy atom. The number of benzene rings is 2. The van der Waals surface area contributed by atoms with E-state index >= 15 is 0 Å². The van der Waals surface area contributed by atoms with Crippen molar-refractivity contribution in [3.63, 3.8) is 0 Å². The second-order valence-electron chi connectivity index (χ2n) is 8.29. The Balaban J connectivity index is 1.41. The monoisotopic (exact) mass is 512 g/mol. The minimum absolute atomic E-state index is 0.129. The summed E-state index contributed by atoms with van der Waals surface area (Å²) in [4.78, 5) is 13.0. The lowest BCUT2D eigenvalue weighted by Crippen LogP contribution is -2.46. The second kappa shape index (κ2) is 10.1. The first-order chi connectivity index (χ1) is 15.7. The van der Waals surface area contributed by atoms with E-state index in [2.05, 4.69) is 5.32 Å². The number of ether oxygens (including phenoxy) is 2. The Bertz CT molecular complexity index is 1120. The Labute approximate surface area is 204 Å². The zero-order valence-corrected chi connectivity index (χ0v) is 20.5. The van der Waals surface area contributed by atoms with Gasteiger partial charge in [-0.25, -0.2) is 12.7 Å². The van der Waals surface area contributed by atoms with E-state index in [1.807, 2.05) is 25.1 Å². The highest BCUT2D eigenvalue weighted by Crippen LogP contribution is 2.33. The molecule has 7 nitrogen and oxygen atoms in total. The zero-order valence-electron chi connectivity index (χ0n) is 18.2. The molecule has 178 valence electrons.